The number of pyridine rings is 1. The molecule has 1 aliphatic rings. The molecule has 0 bridgehead atoms. The highest BCUT2D eigenvalue weighted by Gasteiger charge is 2.32. The van der Waals surface area contributed by atoms with Gasteiger partial charge in [0.25, 0.3) is 0 Å². The van der Waals surface area contributed by atoms with Crippen molar-refractivity contribution in [3.8, 4) is 0 Å². The quantitative estimate of drug-likeness (QED) is 0.888. The lowest BCUT2D eigenvalue weighted by Crippen LogP contribution is -2.61. The molecule has 0 saturated carbocycles. The number of aromatic nitrogens is 1. The molecule has 2 heterocycles. The Morgan fingerprint density at radius 1 is 1.56 bits per heavy atom. The van der Waals surface area contributed by atoms with E-state index in [0.29, 0.717) is 6.04 Å². The molecule has 100 valence electrons. The lowest BCUT2D eigenvalue weighted by Gasteiger charge is -2.45. The molecule has 2 atom stereocenters. The maximum atomic E-state index is 4.25. The summed E-state index contributed by atoms with van der Waals surface area (Å²) in [6, 6.07) is 2.69. The minimum atomic E-state index is 0.253. The predicted octanol–water partition coefficient (Wildman–Crippen LogP) is 2.35. The van der Waals surface area contributed by atoms with Crippen LogP contribution in [-0.4, -0.2) is 34.6 Å². The smallest absolute Gasteiger partial charge is 0.0315 e. The van der Waals surface area contributed by atoms with E-state index in [-0.39, 0.29) is 5.54 Å². The Kier molecular flexibility index (Phi) is 4.03. The van der Waals surface area contributed by atoms with E-state index in [1.54, 1.807) is 0 Å². The SMILES string of the molecule is CCC1(C)CN(Cc2cnccc2C)C(C)CN1. The van der Waals surface area contributed by atoms with Crippen LogP contribution in [0.2, 0.25) is 0 Å². The number of aryl methyl sites for hydroxylation is 1. The molecule has 1 N–H and O–H groups in total. The van der Waals surface area contributed by atoms with Crippen molar-refractivity contribution in [2.45, 2.75) is 52.2 Å². The molecule has 2 unspecified atom stereocenters. The molecule has 3 nitrogen and oxygen atoms in total. The molecular formula is C15H25N3. The van der Waals surface area contributed by atoms with Crippen LogP contribution < -0.4 is 5.32 Å². The van der Waals surface area contributed by atoms with Crippen LogP contribution in [0.15, 0.2) is 18.5 Å². The average Bonchev–Trinajstić information content (AvgIpc) is 2.37. The van der Waals surface area contributed by atoms with Crippen molar-refractivity contribution in [3.63, 3.8) is 0 Å². The van der Waals surface area contributed by atoms with Gasteiger partial charge < -0.3 is 5.32 Å². The molecule has 0 spiro atoms. The Morgan fingerprint density at radius 2 is 2.33 bits per heavy atom. The number of hydrogen-bond acceptors (Lipinski definition) is 3. The monoisotopic (exact) mass is 247 g/mol. The summed E-state index contributed by atoms with van der Waals surface area (Å²) in [5, 5.41) is 3.67. The van der Waals surface area contributed by atoms with Crippen LogP contribution in [-0.2, 0) is 6.54 Å². The first-order valence-electron chi connectivity index (χ1n) is 6.92. The largest absolute Gasteiger partial charge is 0.309 e. The average molecular weight is 247 g/mol. The lowest BCUT2D eigenvalue weighted by atomic mass is 9.93. The predicted molar refractivity (Wildman–Crippen MR) is 75.5 cm³/mol. The zero-order valence-electron chi connectivity index (χ0n) is 12.0. The van der Waals surface area contributed by atoms with Gasteiger partial charge in [0, 0.05) is 43.6 Å². The van der Waals surface area contributed by atoms with Crippen molar-refractivity contribution in [2.24, 2.45) is 0 Å². The second kappa shape index (κ2) is 5.37. The van der Waals surface area contributed by atoms with E-state index >= 15 is 0 Å². The first-order valence-corrected chi connectivity index (χ1v) is 6.92. The maximum Gasteiger partial charge on any atom is 0.0315 e. The van der Waals surface area contributed by atoms with Gasteiger partial charge in [-0.2, -0.15) is 0 Å². The molecular weight excluding hydrogens is 222 g/mol. The van der Waals surface area contributed by atoms with Crippen molar-refractivity contribution in [2.75, 3.05) is 13.1 Å². The van der Waals surface area contributed by atoms with Crippen LogP contribution in [0, 0.1) is 6.92 Å². The van der Waals surface area contributed by atoms with Gasteiger partial charge in [-0.1, -0.05) is 6.92 Å². The molecule has 2 rings (SSSR count). The van der Waals surface area contributed by atoms with Gasteiger partial charge in [0.2, 0.25) is 0 Å². The molecule has 1 aromatic heterocycles. The number of piperazine rings is 1. The van der Waals surface area contributed by atoms with Gasteiger partial charge in [-0.15, -0.1) is 0 Å². The van der Waals surface area contributed by atoms with Crippen molar-refractivity contribution >= 4 is 0 Å². The lowest BCUT2D eigenvalue weighted by molar-refractivity contribution is 0.0863. The van der Waals surface area contributed by atoms with E-state index in [9.17, 15) is 0 Å². The fourth-order valence-corrected chi connectivity index (χ4v) is 2.51. The molecule has 0 aromatic carbocycles. The Balaban J connectivity index is 2.10. The standard InChI is InChI=1S/C15H25N3/c1-5-15(4)11-18(13(3)8-17-15)10-14-9-16-7-6-12(14)2/h6-7,9,13,17H,5,8,10-11H2,1-4H3. The van der Waals surface area contributed by atoms with Crippen LogP contribution in [0.1, 0.15) is 38.3 Å². The van der Waals surface area contributed by atoms with E-state index in [1.165, 1.54) is 17.5 Å². The highest BCUT2D eigenvalue weighted by Crippen LogP contribution is 2.21. The van der Waals surface area contributed by atoms with E-state index in [1.807, 2.05) is 12.4 Å². The molecule has 0 amide bonds. The third kappa shape index (κ3) is 2.90. The van der Waals surface area contributed by atoms with Crippen LogP contribution in [0.3, 0.4) is 0 Å². The Bertz CT molecular complexity index is 404. The van der Waals surface area contributed by atoms with Crippen molar-refractivity contribution < 1.29 is 0 Å². The molecule has 1 saturated heterocycles. The molecule has 0 aliphatic carbocycles. The van der Waals surface area contributed by atoms with Crippen LogP contribution in [0.4, 0.5) is 0 Å². The summed E-state index contributed by atoms with van der Waals surface area (Å²) in [4.78, 5) is 6.82. The van der Waals surface area contributed by atoms with Gasteiger partial charge in [0.1, 0.15) is 0 Å². The second-order valence-corrected chi connectivity index (χ2v) is 5.85. The Hall–Kier alpha value is -0.930. The highest BCUT2D eigenvalue weighted by atomic mass is 15.2. The summed E-state index contributed by atoms with van der Waals surface area (Å²) in [6.45, 7) is 12.2. The van der Waals surface area contributed by atoms with Crippen molar-refractivity contribution in [1.82, 2.24) is 15.2 Å². The minimum absolute atomic E-state index is 0.253. The number of rotatable bonds is 3. The summed E-state index contributed by atoms with van der Waals surface area (Å²) >= 11 is 0. The third-order valence-electron chi connectivity index (χ3n) is 4.30. The zero-order chi connectivity index (χ0) is 13.2. The molecule has 3 heteroatoms. The van der Waals surface area contributed by atoms with Gasteiger partial charge in [-0.25, -0.2) is 0 Å². The van der Waals surface area contributed by atoms with Gasteiger partial charge >= 0.3 is 0 Å². The molecule has 1 aromatic rings. The zero-order valence-corrected chi connectivity index (χ0v) is 12.0. The Morgan fingerprint density at radius 3 is 3.00 bits per heavy atom. The molecule has 18 heavy (non-hydrogen) atoms. The first kappa shape index (κ1) is 13.5. The van der Waals surface area contributed by atoms with Crippen LogP contribution >= 0.6 is 0 Å². The van der Waals surface area contributed by atoms with Crippen molar-refractivity contribution in [1.29, 1.82) is 0 Å². The summed E-state index contributed by atoms with van der Waals surface area (Å²) in [5.74, 6) is 0. The highest BCUT2D eigenvalue weighted by molar-refractivity contribution is 5.21. The maximum absolute atomic E-state index is 4.25. The van der Waals surface area contributed by atoms with E-state index in [2.05, 4.69) is 49.0 Å². The summed E-state index contributed by atoms with van der Waals surface area (Å²) < 4.78 is 0. The first-order chi connectivity index (χ1) is 8.54. The van der Waals surface area contributed by atoms with E-state index in [0.717, 1.165) is 19.6 Å². The van der Waals surface area contributed by atoms with Crippen LogP contribution in [0.25, 0.3) is 0 Å². The molecule has 1 fully saturated rings. The van der Waals surface area contributed by atoms with Crippen molar-refractivity contribution in [3.05, 3.63) is 29.6 Å². The minimum Gasteiger partial charge on any atom is -0.309 e. The normalized spacial score (nSPS) is 29.4. The second-order valence-electron chi connectivity index (χ2n) is 5.85. The summed E-state index contributed by atoms with van der Waals surface area (Å²) in [5.41, 5.74) is 2.95. The molecule has 0 radical (unpaired) electrons. The third-order valence-corrected chi connectivity index (χ3v) is 4.30. The van der Waals surface area contributed by atoms with E-state index in [4.69, 9.17) is 0 Å². The fourth-order valence-electron chi connectivity index (χ4n) is 2.51. The topological polar surface area (TPSA) is 28.2 Å². The van der Waals surface area contributed by atoms with Gasteiger partial charge in [-0.05, 0) is 44.4 Å². The van der Waals surface area contributed by atoms with Gasteiger partial charge in [0.15, 0.2) is 0 Å². The number of hydrogen-bond donors (Lipinski definition) is 1. The van der Waals surface area contributed by atoms with Crippen LogP contribution in [0.5, 0.6) is 0 Å². The fraction of sp³-hybridized carbons (Fsp3) is 0.667. The molecule has 1 aliphatic heterocycles. The van der Waals surface area contributed by atoms with Gasteiger partial charge in [0.05, 0.1) is 0 Å². The number of nitrogens with zero attached hydrogens (tertiary/aromatic N) is 2. The summed E-state index contributed by atoms with van der Waals surface area (Å²) in [6.07, 6.45) is 5.05. The Labute approximate surface area is 111 Å². The van der Waals surface area contributed by atoms with E-state index < -0.39 is 0 Å². The van der Waals surface area contributed by atoms with Gasteiger partial charge in [-0.3, -0.25) is 9.88 Å². The number of nitrogens with one attached hydrogen (secondary N) is 1. The summed E-state index contributed by atoms with van der Waals surface area (Å²) in [7, 11) is 0.